The molecule has 0 aliphatic rings. The first-order valence-electron chi connectivity index (χ1n) is 9.94. The molecule has 0 fully saturated rings. The summed E-state index contributed by atoms with van der Waals surface area (Å²) in [5.74, 6) is 2.18. The molecule has 1 N–H and O–H groups in total. The van der Waals surface area contributed by atoms with Crippen LogP contribution in [0.3, 0.4) is 0 Å². The first kappa shape index (κ1) is 21.9. The number of carbonyl (C=O) groups is 1. The van der Waals surface area contributed by atoms with Gasteiger partial charge in [-0.1, -0.05) is 43.8 Å². The molecule has 7 heteroatoms. The minimum Gasteiger partial charge on any atom is -0.486 e. The van der Waals surface area contributed by atoms with Gasteiger partial charge in [-0.15, -0.1) is 10.2 Å². The number of amides is 1. The van der Waals surface area contributed by atoms with Crippen LogP contribution in [0.4, 0.5) is 5.69 Å². The van der Waals surface area contributed by atoms with Gasteiger partial charge < -0.3 is 14.6 Å². The molecule has 1 heterocycles. The standard InChI is InChI=1S/C23H28N4O2S/c1-15(2)18-6-8-20(9-7-18)29-13-21-25-26-23(27(21)5)30-14-22(28)24-19-11-16(3)10-17(4)12-19/h6-12,15H,13-14H2,1-5H3,(H,24,28). The van der Waals surface area contributed by atoms with Crippen LogP contribution in [0.25, 0.3) is 0 Å². The first-order chi connectivity index (χ1) is 14.3. The highest BCUT2D eigenvalue weighted by Gasteiger charge is 2.12. The molecule has 0 bridgehead atoms. The maximum Gasteiger partial charge on any atom is 0.234 e. The second-order valence-electron chi connectivity index (χ2n) is 7.68. The van der Waals surface area contributed by atoms with E-state index >= 15 is 0 Å². The van der Waals surface area contributed by atoms with Crippen molar-refractivity contribution in [3.8, 4) is 5.75 Å². The highest BCUT2D eigenvalue weighted by molar-refractivity contribution is 7.99. The van der Waals surface area contributed by atoms with E-state index in [0.717, 1.165) is 22.6 Å². The van der Waals surface area contributed by atoms with E-state index in [1.54, 1.807) is 0 Å². The number of hydrogen-bond donors (Lipinski definition) is 1. The van der Waals surface area contributed by atoms with Crippen molar-refractivity contribution < 1.29 is 9.53 Å². The van der Waals surface area contributed by atoms with E-state index < -0.39 is 0 Å². The Morgan fingerprint density at radius 2 is 1.77 bits per heavy atom. The lowest BCUT2D eigenvalue weighted by molar-refractivity contribution is -0.113. The Labute approximate surface area is 182 Å². The molecule has 3 aromatic rings. The minimum atomic E-state index is -0.0731. The van der Waals surface area contributed by atoms with Crippen molar-refractivity contribution in [2.75, 3.05) is 11.1 Å². The van der Waals surface area contributed by atoms with E-state index in [4.69, 9.17) is 4.74 Å². The largest absolute Gasteiger partial charge is 0.486 e. The number of ether oxygens (including phenoxy) is 1. The molecule has 0 saturated carbocycles. The first-order valence-corrected chi connectivity index (χ1v) is 10.9. The van der Waals surface area contributed by atoms with Gasteiger partial charge in [-0.2, -0.15) is 0 Å². The maximum atomic E-state index is 12.3. The topological polar surface area (TPSA) is 69.0 Å². The van der Waals surface area contributed by atoms with Gasteiger partial charge in [0.1, 0.15) is 12.4 Å². The van der Waals surface area contributed by atoms with E-state index in [2.05, 4.69) is 47.6 Å². The molecule has 0 aliphatic carbocycles. The summed E-state index contributed by atoms with van der Waals surface area (Å²) in [7, 11) is 1.88. The fourth-order valence-electron chi connectivity index (χ4n) is 3.07. The number of aryl methyl sites for hydroxylation is 2. The van der Waals surface area contributed by atoms with Gasteiger partial charge in [-0.05, 0) is 60.7 Å². The zero-order valence-corrected chi connectivity index (χ0v) is 18.9. The SMILES string of the molecule is Cc1cc(C)cc(NC(=O)CSc2nnc(COc3ccc(C(C)C)cc3)n2C)c1. The highest BCUT2D eigenvalue weighted by Crippen LogP contribution is 2.21. The van der Waals surface area contributed by atoms with Crippen molar-refractivity contribution in [3.63, 3.8) is 0 Å². The number of aromatic nitrogens is 3. The van der Waals surface area contributed by atoms with Gasteiger partial charge in [-0.25, -0.2) is 0 Å². The van der Waals surface area contributed by atoms with E-state index in [1.807, 2.05) is 49.7 Å². The number of benzene rings is 2. The molecule has 0 atom stereocenters. The third-order valence-corrected chi connectivity index (χ3v) is 5.70. The van der Waals surface area contributed by atoms with Crippen LogP contribution in [-0.4, -0.2) is 26.4 Å². The normalized spacial score (nSPS) is 11.0. The summed E-state index contributed by atoms with van der Waals surface area (Å²) in [6, 6.07) is 14.1. The zero-order valence-electron chi connectivity index (χ0n) is 18.1. The molecule has 0 unspecified atom stereocenters. The van der Waals surface area contributed by atoms with Gasteiger partial charge >= 0.3 is 0 Å². The van der Waals surface area contributed by atoms with Gasteiger partial charge in [0.15, 0.2) is 11.0 Å². The number of carbonyl (C=O) groups excluding carboxylic acids is 1. The van der Waals surface area contributed by atoms with Crippen LogP contribution in [0, 0.1) is 13.8 Å². The Hall–Kier alpha value is -2.80. The third kappa shape index (κ3) is 5.86. The number of anilines is 1. The minimum absolute atomic E-state index is 0.0731. The summed E-state index contributed by atoms with van der Waals surface area (Å²) in [5, 5.41) is 12.0. The number of rotatable bonds is 8. The summed E-state index contributed by atoms with van der Waals surface area (Å²) in [6.07, 6.45) is 0. The van der Waals surface area contributed by atoms with Crippen LogP contribution in [0.2, 0.25) is 0 Å². The molecule has 3 rings (SSSR count). The van der Waals surface area contributed by atoms with Crippen molar-refractivity contribution in [1.82, 2.24) is 14.8 Å². The van der Waals surface area contributed by atoms with Crippen molar-refractivity contribution in [3.05, 3.63) is 65.0 Å². The molecule has 158 valence electrons. The lowest BCUT2D eigenvalue weighted by Crippen LogP contribution is -2.14. The van der Waals surface area contributed by atoms with Gasteiger partial charge in [0.05, 0.1) is 5.75 Å². The lowest BCUT2D eigenvalue weighted by Gasteiger charge is -2.09. The highest BCUT2D eigenvalue weighted by atomic mass is 32.2. The second-order valence-corrected chi connectivity index (χ2v) is 8.63. The average Bonchev–Trinajstić information content (AvgIpc) is 3.04. The molecule has 2 aromatic carbocycles. The van der Waals surface area contributed by atoms with Gasteiger partial charge in [0.2, 0.25) is 5.91 Å². The maximum absolute atomic E-state index is 12.3. The molecule has 0 spiro atoms. The fraction of sp³-hybridized carbons (Fsp3) is 0.348. The fourth-order valence-corrected chi connectivity index (χ4v) is 3.80. The van der Waals surface area contributed by atoms with Crippen molar-refractivity contribution >= 4 is 23.4 Å². The van der Waals surface area contributed by atoms with E-state index in [1.165, 1.54) is 17.3 Å². The molecular formula is C23H28N4O2S. The Morgan fingerprint density at radius 1 is 1.10 bits per heavy atom. The third-order valence-electron chi connectivity index (χ3n) is 4.68. The Morgan fingerprint density at radius 3 is 2.40 bits per heavy atom. The predicted molar refractivity (Wildman–Crippen MR) is 121 cm³/mol. The van der Waals surface area contributed by atoms with Crippen LogP contribution < -0.4 is 10.1 Å². The second kappa shape index (κ2) is 9.80. The summed E-state index contributed by atoms with van der Waals surface area (Å²) < 4.78 is 7.69. The molecule has 0 saturated heterocycles. The van der Waals surface area contributed by atoms with Crippen LogP contribution >= 0.6 is 11.8 Å². The Bertz CT molecular complexity index is 992. The van der Waals surface area contributed by atoms with Crippen LogP contribution in [0.15, 0.2) is 47.6 Å². The number of nitrogens with zero attached hydrogens (tertiary/aromatic N) is 3. The molecule has 30 heavy (non-hydrogen) atoms. The molecule has 0 radical (unpaired) electrons. The van der Waals surface area contributed by atoms with Crippen molar-refractivity contribution in [1.29, 1.82) is 0 Å². The van der Waals surface area contributed by atoms with Gasteiger partial charge in [-0.3, -0.25) is 4.79 Å². The van der Waals surface area contributed by atoms with E-state index in [-0.39, 0.29) is 11.7 Å². The number of nitrogens with one attached hydrogen (secondary N) is 1. The molecule has 1 aromatic heterocycles. The van der Waals surface area contributed by atoms with Crippen molar-refractivity contribution in [2.24, 2.45) is 7.05 Å². The smallest absolute Gasteiger partial charge is 0.234 e. The Balaban J connectivity index is 1.52. The summed E-state index contributed by atoms with van der Waals surface area (Å²) in [5.41, 5.74) is 4.33. The van der Waals surface area contributed by atoms with E-state index in [0.29, 0.717) is 23.5 Å². The van der Waals surface area contributed by atoms with Gasteiger partial charge in [0.25, 0.3) is 0 Å². The monoisotopic (exact) mass is 424 g/mol. The quantitative estimate of drug-likeness (QED) is 0.523. The molecule has 6 nitrogen and oxygen atoms in total. The molecule has 1 amide bonds. The van der Waals surface area contributed by atoms with Crippen LogP contribution in [-0.2, 0) is 18.4 Å². The van der Waals surface area contributed by atoms with Gasteiger partial charge in [0, 0.05) is 12.7 Å². The summed E-state index contributed by atoms with van der Waals surface area (Å²) in [4.78, 5) is 12.3. The number of thioether (sulfide) groups is 1. The Kier molecular flexibility index (Phi) is 7.15. The summed E-state index contributed by atoms with van der Waals surface area (Å²) >= 11 is 1.35. The zero-order chi connectivity index (χ0) is 21.7. The summed E-state index contributed by atoms with van der Waals surface area (Å²) in [6.45, 7) is 8.67. The lowest BCUT2D eigenvalue weighted by atomic mass is 10.0. The molecular weight excluding hydrogens is 396 g/mol. The van der Waals surface area contributed by atoms with Crippen LogP contribution in [0.1, 0.15) is 42.3 Å². The molecule has 0 aliphatic heterocycles. The average molecular weight is 425 g/mol. The van der Waals surface area contributed by atoms with Crippen molar-refractivity contribution in [2.45, 2.75) is 45.4 Å². The van der Waals surface area contributed by atoms with Crippen LogP contribution in [0.5, 0.6) is 5.75 Å². The predicted octanol–water partition coefficient (Wildman–Crippen LogP) is 4.87. The van der Waals surface area contributed by atoms with E-state index in [9.17, 15) is 4.79 Å². The number of hydrogen-bond acceptors (Lipinski definition) is 5.